The Hall–Kier alpha value is -2.12. The highest BCUT2D eigenvalue weighted by atomic mass is 16.5. The lowest BCUT2D eigenvalue weighted by Crippen LogP contribution is -2.49. The first-order chi connectivity index (χ1) is 18.9. The molecule has 2 aromatic rings. The van der Waals surface area contributed by atoms with Gasteiger partial charge in [-0.05, 0) is 49.0 Å². The molecule has 1 nitrogen and oxygen atoms in total. The second kappa shape index (κ2) is 18.3. The first-order valence-electron chi connectivity index (χ1n) is 16.0. The van der Waals surface area contributed by atoms with Crippen molar-refractivity contribution in [2.45, 2.75) is 142 Å². The molecule has 0 aliphatic rings. The molecular formula is C38H58O. The van der Waals surface area contributed by atoms with Crippen molar-refractivity contribution in [1.29, 1.82) is 0 Å². The Kier molecular flexibility index (Phi) is 15.5. The van der Waals surface area contributed by atoms with Crippen molar-refractivity contribution >= 4 is 0 Å². The van der Waals surface area contributed by atoms with E-state index in [2.05, 4.69) is 102 Å². The molecule has 0 saturated heterocycles. The van der Waals surface area contributed by atoms with E-state index in [4.69, 9.17) is 4.74 Å². The predicted octanol–water partition coefficient (Wildman–Crippen LogP) is 11.6. The highest BCUT2D eigenvalue weighted by molar-refractivity contribution is 5.27. The van der Waals surface area contributed by atoms with Crippen molar-refractivity contribution in [1.82, 2.24) is 0 Å². The van der Waals surface area contributed by atoms with Crippen LogP contribution in [-0.4, -0.2) is 11.2 Å². The third-order valence-corrected chi connectivity index (χ3v) is 8.48. The lowest BCUT2D eigenvalue weighted by Gasteiger charge is -2.46. The lowest BCUT2D eigenvalue weighted by molar-refractivity contribution is -0.128. The van der Waals surface area contributed by atoms with E-state index in [0.717, 1.165) is 49.7 Å². The second-order valence-corrected chi connectivity index (χ2v) is 12.0. The summed E-state index contributed by atoms with van der Waals surface area (Å²) in [4.78, 5) is 0. The van der Waals surface area contributed by atoms with E-state index in [1.165, 1.54) is 75.3 Å². The van der Waals surface area contributed by atoms with Gasteiger partial charge in [-0.2, -0.15) is 0 Å². The van der Waals surface area contributed by atoms with Crippen LogP contribution in [0.1, 0.15) is 129 Å². The number of rotatable bonds is 22. The molecule has 0 aliphatic carbocycles. The van der Waals surface area contributed by atoms with Gasteiger partial charge in [0.15, 0.2) is 0 Å². The van der Waals surface area contributed by atoms with E-state index in [1.54, 1.807) is 0 Å². The molecule has 2 rings (SSSR count). The van der Waals surface area contributed by atoms with Gasteiger partial charge in [-0.1, -0.05) is 165 Å². The summed E-state index contributed by atoms with van der Waals surface area (Å²) < 4.78 is 7.61. The Balaban J connectivity index is 2.40. The molecule has 0 radical (unpaired) electrons. The molecule has 2 unspecified atom stereocenters. The molecule has 0 amide bonds. The molecular weight excluding hydrogens is 472 g/mol. The molecule has 2 aromatic carbocycles. The normalized spacial score (nSPS) is 14.5. The fourth-order valence-electron chi connectivity index (χ4n) is 5.86. The minimum absolute atomic E-state index is 0.415. The monoisotopic (exact) mass is 530 g/mol. The quantitative estimate of drug-likeness (QED) is 0.109. The fraction of sp³-hybridized carbons (Fsp3) is 0.579. The Bertz CT molecular complexity index is 852. The maximum absolute atomic E-state index is 7.61. The van der Waals surface area contributed by atoms with E-state index in [-0.39, 0.29) is 0 Å². The van der Waals surface area contributed by atoms with Crippen LogP contribution in [0.5, 0.6) is 0 Å². The highest BCUT2D eigenvalue weighted by Crippen LogP contribution is 2.42. The first-order valence-corrected chi connectivity index (χ1v) is 16.0. The van der Waals surface area contributed by atoms with Gasteiger partial charge < -0.3 is 4.74 Å². The summed E-state index contributed by atoms with van der Waals surface area (Å²) in [7, 11) is 0. The van der Waals surface area contributed by atoms with Crippen LogP contribution in [0.4, 0.5) is 0 Å². The molecule has 0 spiro atoms. The van der Waals surface area contributed by atoms with Gasteiger partial charge >= 0.3 is 0 Å². The molecule has 1 heteroatoms. The molecule has 0 fully saturated rings. The van der Waals surface area contributed by atoms with E-state index in [1.807, 2.05) is 0 Å². The molecule has 0 saturated carbocycles. The molecule has 0 N–H and O–H groups in total. The van der Waals surface area contributed by atoms with Gasteiger partial charge in [0.1, 0.15) is 0 Å². The van der Waals surface area contributed by atoms with Crippen LogP contribution >= 0.6 is 0 Å². The number of unbranched alkanes of at least 4 members (excludes halogenated alkanes) is 10. The summed E-state index contributed by atoms with van der Waals surface area (Å²) in [6, 6.07) is 21.8. The molecule has 0 heterocycles. The van der Waals surface area contributed by atoms with Crippen LogP contribution in [0, 0.1) is 0 Å². The van der Waals surface area contributed by atoms with Crippen molar-refractivity contribution in [2.75, 3.05) is 0 Å². The lowest BCUT2D eigenvalue weighted by atomic mass is 9.78. The minimum atomic E-state index is -0.415. The third-order valence-electron chi connectivity index (χ3n) is 8.48. The second-order valence-electron chi connectivity index (χ2n) is 12.0. The number of hydrogen-bond donors (Lipinski definition) is 0. The van der Waals surface area contributed by atoms with Gasteiger partial charge in [0.05, 0.1) is 11.2 Å². The molecule has 0 bridgehead atoms. The standard InChI is InChI=1S/C38H58O/c1-7-9-11-13-15-23-29-37(33(3)4,31-35-25-19-17-20-26-35)39-38(34(5)6,30-24-16-14-12-10-8-2)32-36-27-21-18-22-28-36/h17-22,25-28H,3,5,7-16,23-24,29-32H2,1-2,4,6H3. The van der Waals surface area contributed by atoms with E-state index >= 15 is 0 Å². The Morgan fingerprint density at radius 3 is 1.21 bits per heavy atom. The van der Waals surface area contributed by atoms with Crippen LogP contribution in [0.15, 0.2) is 85.0 Å². The van der Waals surface area contributed by atoms with Gasteiger partial charge in [0, 0.05) is 12.8 Å². The van der Waals surface area contributed by atoms with E-state index < -0.39 is 11.2 Å². The van der Waals surface area contributed by atoms with Crippen LogP contribution < -0.4 is 0 Å². The zero-order valence-electron chi connectivity index (χ0n) is 25.9. The largest absolute Gasteiger partial charge is 0.359 e. The van der Waals surface area contributed by atoms with Gasteiger partial charge in [-0.25, -0.2) is 0 Å². The third kappa shape index (κ3) is 11.5. The smallest absolute Gasteiger partial charge is 0.0938 e. The summed E-state index contributed by atoms with van der Waals surface area (Å²) in [5.41, 5.74) is 4.09. The van der Waals surface area contributed by atoms with Crippen molar-refractivity contribution in [3.8, 4) is 0 Å². The summed E-state index contributed by atoms with van der Waals surface area (Å²) >= 11 is 0. The average Bonchev–Trinajstić information content (AvgIpc) is 2.93. The van der Waals surface area contributed by atoms with Crippen LogP contribution in [0.2, 0.25) is 0 Å². The zero-order valence-corrected chi connectivity index (χ0v) is 25.9. The molecule has 216 valence electrons. The molecule has 39 heavy (non-hydrogen) atoms. The zero-order chi connectivity index (χ0) is 28.4. The van der Waals surface area contributed by atoms with Crippen molar-refractivity contribution in [2.24, 2.45) is 0 Å². The van der Waals surface area contributed by atoms with Crippen molar-refractivity contribution in [3.05, 3.63) is 96.1 Å². The summed E-state index contributed by atoms with van der Waals surface area (Å²) in [5, 5.41) is 0. The number of hydrogen-bond acceptors (Lipinski definition) is 1. The molecule has 0 aliphatic heterocycles. The fourth-order valence-corrected chi connectivity index (χ4v) is 5.86. The maximum Gasteiger partial charge on any atom is 0.0938 e. The maximum atomic E-state index is 7.61. The Morgan fingerprint density at radius 1 is 0.538 bits per heavy atom. The number of ether oxygens (including phenoxy) is 1. The van der Waals surface area contributed by atoms with E-state index in [9.17, 15) is 0 Å². The Labute approximate surface area is 242 Å². The van der Waals surface area contributed by atoms with Crippen LogP contribution in [0.3, 0.4) is 0 Å². The summed E-state index contributed by atoms with van der Waals surface area (Å²) in [6.07, 6.45) is 19.1. The van der Waals surface area contributed by atoms with Gasteiger partial charge in [0.25, 0.3) is 0 Å². The average molecular weight is 531 g/mol. The minimum Gasteiger partial charge on any atom is -0.359 e. The molecule has 2 atom stereocenters. The molecule has 0 aromatic heterocycles. The van der Waals surface area contributed by atoms with Crippen molar-refractivity contribution in [3.63, 3.8) is 0 Å². The Morgan fingerprint density at radius 2 is 0.872 bits per heavy atom. The van der Waals surface area contributed by atoms with Crippen LogP contribution in [-0.2, 0) is 17.6 Å². The van der Waals surface area contributed by atoms with Crippen molar-refractivity contribution < 1.29 is 4.74 Å². The van der Waals surface area contributed by atoms with E-state index in [0.29, 0.717) is 0 Å². The van der Waals surface area contributed by atoms with Crippen LogP contribution in [0.25, 0.3) is 0 Å². The highest BCUT2D eigenvalue weighted by Gasteiger charge is 2.43. The van der Waals surface area contributed by atoms with Gasteiger partial charge in [0.2, 0.25) is 0 Å². The summed E-state index contributed by atoms with van der Waals surface area (Å²) in [6.45, 7) is 18.1. The first kappa shape index (κ1) is 33.1. The summed E-state index contributed by atoms with van der Waals surface area (Å²) in [5.74, 6) is 0. The topological polar surface area (TPSA) is 9.23 Å². The van der Waals surface area contributed by atoms with Gasteiger partial charge in [-0.3, -0.25) is 0 Å². The number of benzene rings is 2. The predicted molar refractivity (Wildman–Crippen MR) is 172 cm³/mol. The van der Waals surface area contributed by atoms with Gasteiger partial charge in [-0.15, -0.1) is 0 Å². The SMILES string of the molecule is C=C(C)C(CCCCCCCC)(Cc1ccccc1)OC(CCCCCCCC)(Cc1ccccc1)C(=C)C.